The van der Waals surface area contributed by atoms with E-state index in [1.54, 1.807) is 0 Å². The topological polar surface area (TPSA) is 34.1 Å². The van der Waals surface area contributed by atoms with Crippen molar-refractivity contribution < 1.29 is 4.74 Å². The summed E-state index contributed by atoms with van der Waals surface area (Å²) >= 11 is 0. The summed E-state index contributed by atoms with van der Waals surface area (Å²) in [5.41, 5.74) is 4.65. The van der Waals surface area contributed by atoms with Crippen LogP contribution in [0.1, 0.15) is 35.2 Å². The highest BCUT2D eigenvalue weighted by molar-refractivity contribution is 5.38. The molecule has 1 aliphatic carbocycles. The van der Waals surface area contributed by atoms with Gasteiger partial charge in [0.15, 0.2) is 0 Å². The SMILES string of the molecule is Cc1cccc(OCc2ccc(CNC3CC3)cn2)c1C. The second kappa shape index (κ2) is 6.27. The van der Waals surface area contributed by atoms with E-state index < -0.39 is 0 Å². The highest BCUT2D eigenvalue weighted by Gasteiger charge is 2.19. The lowest BCUT2D eigenvalue weighted by atomic mass is 10.1. The van der Waals surface area contributed by atoms with E-state index in [4.69, 9.17) is 4.74 Å². The average Bonchev–Trinajstić information content (AvgIpc) is 3.32. The third-order valence-corrected chi connectivity index (χ3v) is 3.99. The van der Waals surface area contributed by atoms with E-state index in [1.165, 1.54) is 29.5 Å². The highest BCUT2D eigenvalue weighted by Crippen LogP contribution is 2.21. The van der Waals surface area contributed by atoms with E-state index in [9.17, 15) is 0 Å². The Bertz CT molecular complexity index is 603. The van der Waals surface area contributed by atoms with Crippen LogP contribution in [-0.2, 0) is 13.2 Å². The number of nitrogens with zero attached hydrogens (tertiary/aromatic N) is 1. The first kappa shape index (κ1) is 14.1. The van der Waals surface area contributed by atoms with Crippen molar-refractivity contribution in [2.45, 2.75) is 45.9 Å². The summed E-state index contributed by atoms with van der Waals surface area (Å²) in [7, 11) is 0. The monoisotopic (exact) mass is 282 g/mol. The van der Waals surface area contributed by atoms with Gasteiger partial charge in [-0.2, -0.15) is 0 Å². The summed E-state index contributed by atoms with van der Waals surface area (Å²) in [5, 5.41) is 3.49. The lowest BCUT2D eigenvalue weighted by Gasteiger charge is -2.11. The van der Waals surface area contributed by atoms with Gasteiger partial charge in [-0.3, -0.25) is 4.98 Å². The molecule has 1 N–H and O–H groups in total. The fourth-order valence-electron chi connectivity index (χ4n) is 2.23. The van der Waals surface area contributed by atoms with E-state index >= 15 is 0 Å². The van der Waals surface area contributed by atoms with E-state index in [0.717, 1.165) is 24.0 Å². The van der Waals surface area contributed by atoms with Crippen LogP contribution in [0, 0.1) is 13.8 Å². The predicted octanol–water partition coefficient (Wildman–Crippen LogP) is 3.53. The van der Waals surface area contributed by atoms with Crippen LogP contribution in [0.2, 0.25) is 0 Å². The molecule has 3 rings (SSSR count). The number of hydrogen-bond acceptors (Lipinski definition) is 3. The molecule has 0 bridgehead atoms. The molecule has 0 atom stereocenters. The van der Waals surface area contributed by atoms with Crippen molar-refractivity contribution in [3.8, 4) is 5.75 Å². The number of aryl methyl sites for hydroxylation is 1. The normalized spacial score (nSPS) is 14.2. The van der Waals surface area contributed by atoms with E-state index in [1.807, 2.05) is 18.3 Å². The van der Waals surface area contributed by atoms with Crippen molar-refractivity contribution >= 4 is 0 Å². The molecular weight excluding hydrogens is 260 g/mol. The van der Waals surface area contributed by atoms with Crippen LogP contribution in [0.15, 0.2) is 36.5 Å². The van der Waals surface area contributed by atoms with Crippen LogP contribution in [0.25, 0.3) is 0 Å². The molecule has 0 amide bonds. The summed E-state index contributed by atoms with van der Waals surface area (Å²) < 4.78 is 5.87. The maximum Gasteiger partial charge on any atom is 0.130 e. The molecular formula is C18H22N2O. The molecule has 3 heteroatoms. The van der Waals surface area contributed by atoms with Crippen LogP contribution >= 0.6 is 0 Å². The van der Waals surface area contributed by atoms with Gasteiger partial charge in [-0.1, -0.05) is 18.2 Å². The van der Waals surface area contributed by atoms with Crippen LogP contribution in [0.3, 0.4) is 0 Å². The van der Waals surface area contributed by atoms with Crippen LogP contribution in [0.4, 0.5) is 0 Å². The van der Waals surface area contributed by atoms with Crippen molar-refractivity contribution in [1.82, 2.24) is 10.3 Å². The second-order valence-electron chi connectivity index (χ2n) is 5.80. The van der Waals surface area contributed by atoms with Crippen LogP contribution in [0.5, 0.6) is 5.75 Å². The average molecular weight is 282 g/mol. The lowest BCUT2D eigenvalue weighted by molar-refractivity contribution is 0.299. The zero-order chi connectivity index (χ0) is 14.7. The van der Waals surface area contributed by atoms with Crippen molar-refractivity contribution in [3.63, 3.8) is 0 Å². The van der Waals surface area contributed by atoms with Gasteiger partial charge in [-0.15, -0.1) is 0 Å². The minimum Gasteiger partial charge on any atom is -0.487 e. The van der Waals surface area contributed by atoms with Crippen molar-refractivity contribution in [2.75, 3.05) is 0 Å². The van der Waals surface area contributed by atoms with Gasteiger partial charge in [0.1, 0.15) is 12.4 Å². The minimum atomic E-state index is 0.515. The molecule has 0 aliphatic heterocycles. The minimum absolute atomic E-state index is 0.515. The summed E-state index contributed by atoms with van der Waals surface area (Å²) in [4.78, 5) is 4.48. The molecule has 0 spiro atoms. The number of benzene rings is 1. The first-order valence-electron chi connectivity index (χ1n) is 7.58. The third kappa shape index (κ3) is 3.82. The fraction of sp³-hybridized carbons (Fsp3) is 0.389. The van der Waals surface area contributed by atoms with Gasteiger partial charge in [0.2, 0.25) is 0 Å². The van der Waals surface area contributed by atoms with Gasteiger partial charge < -0.3 is 10.1 Å². The van der Waals surface area contributed by atoms with Crippen LogP contribution in [-0.4, -0.2) is 11.0 Å². The molecule has 0 saturated heterocycles. The van der Waals surface area contributed by atoms with E-state index in [-0.39, 0.29) is 0 Å². The lowest BCUT2D eigenvalue weighted by Crippen LogP contribution is -2.15. The Morgan fingerprint density at radius 2 is 2.05 bits per heavy atom. The third-order valence-electron chi connectivity index (χ3n) is 3.99. The second-order valence-corrected chi connectivity index (χ2v) is 5.80. The maximum atomic E-state index is 5.87. The molecule has 1 aliphatic rings. The molecule has 1 fully saturated rings. The summed E-state index contributed by atoms with van der Waals surface area (Å²) in [5.74, 6) is 0.941. The largest absolute Gasteiger partial charge is 0.487 e. The summed E-state index contributed by atoms with van der Waals surface area (Å²) in [6.45, 7) is 5.61. The molecule has 2 aromatic rings. The Kier molecular flexibility index (Phi) is 4.20. The van der Waals surface area contributed by atoms with Gasteiger partial charge in [0.25, 0.3) is 0 Å². The number of aromatic nitrogens is 1. The molecule has 1 saturated carbocycles. The highest BCUT2D eigenvalue weighted by atomic mass is 16.5. The summed E-state index contributed by atoms with van der Waals surface area (Å²) in [6, 6.07) is 11.0. The number of ether oxygens (including phenoxy) is 1. The quantitative estimate of drug-likeness (QED) is 0.880. The smallest absolute Gasteiger partial charge is 0.130 e. The van der Waals surface area contributed by atoms with Crippen LogP contribution < -0.4 is 10.1 Å². The predicted molar refractivity (Wildman–Crippen MR) is 84.3 cm³/mol. The first-order valence-corrected chi connectivity index (χ1v) is 7.58. The number of nitrogens with one attached hydrogen (secondary N) is 1. The van der Waals surface area contributed by atoms with E-state index in [0.29, 0.717) is 6.61 Å². The Labute approximate surface area is 126 Å². The Morgan fingerprint density at radius 3 is 2.76 bits per heavy atom. The molecule has 1 aromatic carbocycles. The van der Waals surface area contributed by atoms with Gasteiger partial charge in [-0.25, -0.2) is 0 Å². The number of rotatable bonds is 6. The zero-order valence-electron chi connectivity index (χ0n) is 12.7. The number of pyridine rings is 1. The summed E-state index contributed by atoms with van der Waals surface area (Å²) in [6.07, 6.45) is 4.57. The first-order chi connectivity index (χ1) is 10.2. The molecule has 21 heavy (non-hydrogen) atoms. The molecule has 0 unspecified atom stereocenters. The maximum absolute atomic E-state index is 5.87. The molecule has 0 radical (unpaired) electrons. The molecule has 3 nitrogen and oxygen atoms in total. The van der Waals surface area contributed by atoms with Crippen molar-refractivity contribution in [3.05, 3.63) is 58.9 Å². The van der Waals surface area contributed by atoms with Gasteiger partial charge in [0, 0.05) is 18.8 Å². The van der Waals surface area contributed by atoms with Crippen molar-refractivity contribution in [1.29, 1.82) is 0 Å². The fourth-order valence-corrected chi connectivity index (χ4v) is 2.23. The molecule has 1 heterocycles. The molecule has 110 valence electrons. The standard InChI is InChI=1S/C18H22N2O/c1-13-4-3-5-18(14(13)2)21-12-17-7-6-15(11-20-17)10-19-16-8-9-16/h3-7,11,16,19H,8-10,12H2,1-2H3. The Hall–Kier alpha value is -1.87. The number of hydrogen-bond donors (Lipinski definition) is 1. The van der Waals surface area contributed by atoms with Gasteiger partial charge >= 0.3 is 0 Å². The Balaban J connectivity index is 1.56. The van der Waals surface area contributed by atoms with E-state index in [2.05, 4.69) is 42.3 Å². The van der Waals surface area contributed by atoms with Gasteiger partial charge in [0.05, 0.1) is 5.69 Å². The van der Waals surface area contributed by atoms with Gasteiger partial charge in [-0.05, 0) is 55.5 Å². The molecule has 1 aromatic heterocycles. The zero-order valence-corrected chi connectivity index (χ0v) is 12.7. The Morgan fingerprint density at radius 1 is 1.19 bits per heavy atom. The van der Waals surface area contributed by atoms with Crippen molar-refractivity contribution in [2.24, 2.45) is 0 Å².